The maximum Gasteiger partial charge on any atom is 0.326 e. The van der Waals surface area contributed by atoms with E-state index in [1.54, 1.807) is 16.2 Å². The molecule has 1 aliphatic heterocycles. The van der Waals surface area contributed by atoms with E-state index in [4.69, 9.17) is 0 Å². The Balaban J connectivity index is 2.06. The highest BCUT2D eigenvalue weighted by Crippen LogP contribution is 2.24. The zero-order chi connectivity index (χ0) is 17.1. The van der Waals surface area contributed by atoms with Gasteiger partial charge >= 0.3 is 12.0 Å². The molecule has 2 rings (SSSR count). The van der Waals surface area contributed by atoms with Crippen molar-refractivity contribution in [1.29, 1.82) is 0 Å². The number of carbonyl (C=O) groups excluding carboxylic acids is 1. The van der Waals surface area contributed by atoms with Crippen molar-refractivity contribution in [1.82, 2.24) is 14.8 Å². The van der Waals surface area contributed by atoms with Crippen molar-refractivity contribution in [3.8, 4) is 0 Å². The Hall–Kier alpha value is -1.63. The lowest BCUT2D eigenvalue weighted by Crippen LogP contribution is -2.47. The summed E-state index contributed by atoms with van der Waals surface area (Å²) in [6.07, 6.45) is 0.727. The first-order valence-corrected chi connectivity index (χ1v) is 8.95. The van der Waals surface area contributed by atoms with Crippen LogP contribution in [0, 0.1) is 5.92 Å². The molecule has 1 aliphatic rings. The monoisotopic (exact) mass is 339 g/mol. The summed E-state index contributed by atoms with van der Waals surface area (Å²) in [4.78, 5) is 31.9. The van der Waals surface area contributed by atoms with Gasteiger partial charge in [-0.15, -0.1) is 11.3 Å². The van der Waals surface area contributed by atoms with Crippen LogP contribution in [0.2, 0.25) is 0 Å². The molecule has 2 atom stereocenters. The highest BCUT2D eigenvalue weighted by Gasteiger charge is 2.39. The number of nitrogens with zero attached hydrogens (tertiary/aromatic N) is 3. The standard InChI is InChI=1S/C16H25N3O3S/c1-5-11(4)13(15(20)21)19-7-6-18(16(19)22)8-12-9-23-14(17-12)10(2)3/h9-11,13H,5-8H2,1-4H3,(H,20,21)/t11-,13-/m0/s1. The summed E-state index contributed by atoms with van der Waals surface area (Å²) in [5, 5.41) is 12.5. The molecule has 7 heteroatoms. The third-order valence-electron chi connectivity index (χ3n) is 4.32. The largest absolute Gasteiger partial charge is 0.480 e. The minimum Gasteiger partial charge on any atom is -0.480 e. The molecule has 1 aromatic heterocycles. The lowest BCUT2D eigenvalue weighted by atomic mass is 9.98. The molecular weight excluding hydrogens is 314 g/mol. The van der Waals surface area contributed by atoms with Crippen LogP contribution in [0.15, 0.2) is 5.38 Å². The molecule has 6 nitrogen and oxygen atoms in total. The van der Waals surface area contributed by atoms with E-state index in [2.05, 4.69) is 18.8 Å². The highest BCUT2D eigenvalue weighted by atomic mass is 32.1. The topological polar surface area (TPSA) is 73.7 Å². The first kappa shape index (κ1) is 17.7. The van der Waals surface area contributed by atoms with Gasteiger partial charge in [-0.25, -0.2) is 14.6 Å². The van der Waals surface area contributed by atoms with Crippen LogP contribution >= 0.6 is 11.3 Å². The molecular formula is C16H25N3O3S. The van der Waals surface area contributed by atoms with Gasteiger partial charge in [-0.3, -0.25) is 0 Å². The van der Waals surface area contributed by atoms with E-state index in [1.807, 2.05) is 19.2 Å². The maximum atomic E-state index is 12.6. The molecule has 1 fully saturated rings. The van der Waals surface area contributed by atoms with E-state index in [-0.39, 0.29) is 11.9 Å². The molecule has 1 saturated heterocycles. The van der Waals surface area contributed by atoms with E-state index >= 15 is 0 Å². The van der Waals surface area contributed by atoms with Crippen LogP contribution in [0.3, 0.4) is 0 Å². The summed E-state index contributed by atoms with van der Waals surface area (Å²) in [7, 11) is 0. The normalized spacial score (nSPS) is 17.9. The van der Waals surface area contributed by atoms with Crippen molar-refractivity contribution >= 4 is 23.3 Å². The molecule has 1 N–H and O–H groups in total. The molecule has 2 heterocycles. The number of hydrogen-bond acceptors (Lipinski definition) is 4. The number of carboxylic acid groups (broad SMARTS) is 1. The van der Waals surface area contributed by atoms with E-state index in [1.165, 1.54) is 4.90 Å². The predicted molar refractivity (Wildman–Crippen MR) is 89.6 cm³/mol. The zero-order valence-corrected chi connectivity index (χ0v) is 15.0. The van der Waals surface area contributed by atoms with Gasteiger partial charge in [0.05, 0.1) is 17.2 Å². The summed E-state index contributed by atoms with van der Waals surface area (Å²) in [5.41, 5.74) is 0.879. The van der Waals surface area contributed by atoms with Gasteiger partial charge in [0, 0.05) is 24.4 Å². The van der Waals surface area contributed by atoms with Crippen LogP contribution in [0.4, 0.5) is 4.79 Å². The Morgan fingerprint density at radius 2 is 2.09 bits per heavy atom. The number of rotatable bonds is 7. The maximum absolute atomic E-state index is 12.6. The third-order valence-corrected chi connectivity index (χ3v) is 5.51. The van der Waals surface area contributed by atoms with Crippen LogP contribution in [0.1, 0.15) is 50.7 Å². The van der Waals surface area contributed by atoms with Gasteiger partial charge in [-0.1, -0.05) is 34.1 Å². The number of urea groups is 1. The van der Waals surface area contributed by atoms with Gasteiger partial charge in [0.1, 0.15) is 6.04 Å². The molecule has 23 heavy (non-hydrogen) atoms. The van der Waals surface area contributed by atoms with Crippen LogP contribution in [0.5, 0.6) is 0 Å². The number of aromatic nitrogens is 1. The van der Waals surface area contributed by atoms with Crippen molar-refractivity contribution in [3.05, 3.63) is 16.1 Å². The number of hydrogen-bond donors (Lipinski definition) is 1. The SMILES string of the molecule is CC[C@H](C)[C@@H](C(=O)O)N1CCN(Cc2csc(C(C)C)n2)C1=O. The molecule has 0 saturated carbocycles. The van der Waals surface area contributed by atoms with E-state index < -0.39 is 12.0 Å². The van der Waals surface area contributed by atoms with Crippen molar-refractivity contribution in [2.75, 3.05) is 13.1 Å². The van der Waals surface area contributed by atoms with Gasteiger partial charge in [0.25, 0.3) is 0 Å². The number of carbonyl (C=O) groups is 2. The van der Waals surface area contributed by atoms with Gasteiger partial charge in [-0.2, -0.15) is 0 Å². The van der Waals surface area contributed by atoms with Crippen molar-refractivity contribution in [2.45, 2.75) is 52.6 Å². The minimum atomic E-state index is -0.926. The van der Waals surface area contributed by atoms with Crippen LogP contribution in [-0.2, 0) is 11.3 Å². The van der Waals surface area contributed by atoms with Crippen LogP contribution in [0.25, 0.3) is 0 Å². The number of carboxylic acids is 1. The average Bonchev–Trinajstić information content (AvgIpc) is 3.09. The molecule has 0 unspecified atom stereocenters. The van der Waals surface area contributed by atoms with Crippen LogP contribution in [-0.4, -0.2) is 51.0 Å². The molecule has 0 aromatic carbocycles. The number of amides is 2. The Kier molecular flexibility index (Phi) is 5.62. The summed E-state index contributed by atoms with van der Waals surface area (Å²) < 4.78 is 0. The predicted octanol–water partition coefficient (Wildman–Crippen LogP) is 3.00. The summed E-state index contributed by atoms with van der Waals surface area (Å²) in [6.45, 7) is 9.47. The van der Waals surface area contributed by atoms with Crippen molar-refractivity contribution < 1.29 is 14.7 Å². The van der Waals surface area contributed by atoms with Crippen molar-refractivity contribution in [3.63, 3.8) is 0 Å². The molecule has 128 valence electrons. The second-order valence-electron chi connectivity index (χ2n) is 6.40. The highest BCUT2D eigenvalue weighted by molar-refractivity contribution is 7.09. The summed E-state index contributed by atoms with van der Waals surface area (Å²) >= 11 is 1.61. The zero-order valence-electron chi connectivity index (χ0n) is 14.2. The fraction of sp³-hybridized carbons (Fsp3) is 0.688. The summed E-state index contributed by atoms with van der Waals surface area (Å²) in [5.74, 6) is -0.616. The van der Waals surface area contributed by atoms with E-state index in [0.29, 0.717) is 25.6 Å². The molecule has 0 aliphatic carbocycles. The van der Waals surface area contributed by atoms with E-state index in [0.717, 1.165) is 17.1 Å². The molecule has 2 amide bonds. The van der Waals surface area contributed by atoms with E-state index in [9.17, 15) is 14.7 Å². The lowest BCUT2D eigenvalue weighted by molar-refractivity contribution is -0.143. The number of aliphatic carboxylic acids is 1. The quantitative estimate of drug-likeness (QED) is 0.829. The first-order chi connectivity index (χ1) is 10.8. The smallest absolute Gasteiger partial charge is 0.326 e. The summed E-state index contributed by atoms with van der Waals surface area (Å²) in [6, 6.07) is -0.948. The Bertz CT molecular complexity index is 573. The second kappa shape index (κ2) is 7.29. The third kappa shape index (κ3) is 3.83. The fourth-order valence-electron chi connectivity index (χ4n) is 2.77. The van der Waals surface area contributed by atoms with Gasteiger partial charge < -0.3 is 14.9 Å². The lowest BCUT2D eigenvalue weighted by Gasteiger charge is -2.28. The Morgan fingerprint density at radius 1 is 1.39 bits per heavy atom. The van der Waals surface area contributed by atoms with Crippen LogP contribution < -0.4 is 0 Å². The average molecular weight is 339 g/mol. The van der Waals surface area contributed by atoms with Gasteiger partial charge in [0.2, 0.25) is 0 Å². The second-order valence-corrected chi connectivity index (χ2v) is 7.29. The molecule has 0 bridgehead atoms. The van der Waals surface area contributed by atoms with Crippen molar-refractivity contribution in [2.24, 2.45) is 5.92 Å². The van der Waals surface area contributed by atoms with Gasteiger partial charge in [0.15, 0.2) is 0 Å². The molecule has 1 aromatic rings. The Morgan fingerprint density at radius 3 is 2.61 bits per heavy atom. The molecule has 0 radical (unpaired) electrons. The first-order valence-electron chi connectivity index (χ1n) is 8.07. The van der Waals surface area contributed by atoms with Gasteiger partial charge in [-0.05, 0) is 5.92 Å². The molecule has 0 spiro atoms. The number of thiazole rings is 1. The fourth-order valence-corrected chi connectivity index (χ4v) is 3.60. The minimum absolute atomic E-state index is 0.0665. The Labute approximate surface area is 141 Å².